The van der Waals surface area contributed by atoms with Crippen LogP contribution < -0.4 is 5.32 Å². The highest BCUT2D eigenvalue weighted by atomic mass is 79.9. The third kappa shape index (κ3) is 2.98. The molecule has 1 N–H and O–H groups in total. The molecule has 23 heavy (non-hydrogen) atoms. The van der Waals surface area contributed by atoms with E-state index in [1.165, 1.54) is 35.2 Å². The van der Waals surface area contributed by atoms with Gasteiger partial charge in [-0.1, -0.05) is 29.8 Å². The van der Waals surface area contributed by atoms with Crippen molar-refractivity contribution in [2.45, 2.75) is 18.8 Å². The van der Waals surface area contributed by atoms with Crippen molar-refractivity contribution >= 4 is 39.7 Å². The smallest absolute Gasteiger partial charge is 0.0554 e. The van der Waals surface area contributed by atoms with Crippen molar-refractivity contribution in [3.63, 3.8) is 0 Å². The largest absolute Gasteiger partial charge is 0.317 e. The molecule has 1 atom stereocenters. The van der Waals surface area contributed by atoms with Crippen molar-refractivity contribution in [1.82, 2.24) is 10.3 Å². The number of piperidine rings is 1. The quantitative estimate of drug-likeness (QED) is 0.733. The molecule has 0 spiro atoms. The van der Waals surface area contributed by atoms with Crippen LogP contribution in [0.25, 0.3) is 12.2 Å². The molecule has 1 fully saturated rings. The number of fused-ring (bicyclic) bond motifs is 2. The van der Waals surface area contributed by atoms with Gasteiger partial charge in [0.05, 0.1) is 5.69 Å². The van der Waals surface area contributed by atoms with E-state index >= 15 is 0 Å². The molecular formula is C19H18BrClN2. The summed E-state index contributed by atoms with van der Waals surface area (Å²) in [6.07, 6.45) is 8.63. The number of hydrogen-bond donors (Lipinski definition) is 1. The van der Waals surface area contributed by atoms with Crippen molar-refractivity contribution in [3.05, 3.63) is 62.3 Å². The molecule has 2 aromatic rings. The topological polar surface area (TPSA) is 24.9 Å². The van der Waals surface area contributed by atoms with Crippen molar-refractivity contribution in [2.24, 2.45) is 5.92 Å². The average Bonchev–Trinajstić information content (AvgIpc) is 2.72. The van der Waals surface area contributed by atoms with E-state index in [0.29, 0.717) is 11.8 Å². The van der Waals surface area contributed by atoms with Gasteiger partial charge in [-0.25, -0.2) is 0 Å². The fourth-order valence-corrected chi connectivity index (χ4v) is 4.34. The lowest BCUT2D eigenvalue weighted by Crippen LogP contribution is -2.31. The summed E-state index contributed by atoms with van der Waals surface area (Å²) >= 11 is 9.78. The number of pyridine rings is 1. The molecule has 2 heterocycles. The first-order chi connectivity index (χ1) is 11.2. The predicted octanol–water partition coefficient (Wildman–Crippen LogP) is 5.11. The summed E-state index contributed by atoms with van der Waals surface area (Å²) in [5.74, 6) is 0.950. The van der Waals surface area contributed by atoms with E-state index in [1.54, 1.807) is 0 Å². The minimum Gasteiger partial charge on any atom is -0.317 e. The number of aromatic nitrogens is 1. The summed E-state index contributed by atoms with van der Waals surface area (Å²) in [5, 5.41) is 4.26. The Hall–Kier alpha value is -1.16. The van der Waals surface area contributed by atoms with E-state index in [-0.39, 0.29) is 0 Å². The number of benzene rings is 1. The molecule has 1 saturated heterocycles. The van der Waals surface area contributed by atoms with E-state index in [4.69, 9.17) is 16.6 Å². The molecule has 4 heteroatoms. The first kappa shape index (κ1) is 15.4. The van der Waals surface area contributed by atoms with Gasteiger partial charge in [-0.05, 0) is 82.7 Å². The maximum atomic E-state index is 6.23. The molecule has 1 aromatic carbocycles. The van der Waals surface area contributed by atoms with Gasteiger partial charge in [-0.2, -0.15) is 0 Å². The highest BCUT2D eigenvalue weighted by Gasteiger charge is 2.31. The molecule has 118 valence electrons. The van der Waals surface area contributed by atoms with E-state index in [2.05, 4.69) is 51.6 Å². The Bertz CT molecular complexity index is 710. The van der Waals surface area contributed by atoms with Crippen LogP contribution >= 0.6 is 27.5 Å². The van der Waals surface area contributed by atoms with Crippen LogP contribution in [0.5, 0.6) is 0 Å². The Labute approximate surface area is 150 Å². The third-order valence-electron chi connectivity index (χ3n) is 4.89. The van der Waals surface area contributed by atoms with E-state index in [1.807, 2.05) is 12.3 Å². The zero-order valence-corrected chi connectivity index (χ0v) is 15.1. The van der Waals surface area contributed by atoms with Crippen LogP contribution in [0.3, 0.4) is 0 Å². The van der Waals surface area contributed by atoms with Crippen LogP contribution in [0.1, 0.15) is 41.1 Å². The summed E-state index contributed by atoms with van der Waals surface area (Å²) in [5.41, 5.74) is 4.97. The minimum absolute atomic E-state index is 0.336. The SMILES string of the molecule is Clc1ccc2c(c1)C=Cc1cc(Br)cnc1C2C1CCNCC1. The third-order valence-corrected chi connectivity index (χ3v) is 5.56. The van der Waals surface area contributed by atoms with Crippen LogP contribution in [0.2, 0.25) is 5.02 Å². The summed E-state index contributed by atoms with van der Waals surface area (Å²) in [6.45, 7) is 2.17. The second-order valence-corrected chi connectivity index (χ2v) is 7.65. The van der Waals surface area contributed by atoms with E-state index in [0.717, 1.165) is 22.6 Å². The minimum atomic E-state index is 0.336. The van der Waals surface area contributed by atoms with E-state index in [9.17, 15) is 0 Å². The van der Waals surface area contributed by atoms with Crippen LogP contribution in [0, 0.1) is 5.92 Å². The molecule has 1 aliphatic carbocycles. The number of hydrogen-bond acceptors (Lipinski definition) is 2. The molecule has 1 aromatic heterocycles. The Morgan fingerprint density at radius 1 is 1.09 bits per heavy atom. The summed E-state index contributed by atoms with van der Waals surface area (Å²) in [6, 6.07) is 8.43. The van der Waals surface area contributed by atoms with Gasteiger partial charge in [0.25, 0.3) is 0 Å². The van der Waals surface area contributed by atoms with Gasteiger partial charge in [0.15, 0.2) is 0 Å². The van der Waals surface area contributed by atoms with Gasteiger partial charge in [-0.15, -0.1) is 0 Å². The standard InChI is InChI=1S/C19H18BrClN2/c20-15-9-14-2-1-13-10-16(21)3-4-17(13)18(19(14)23-11-15)12-5-7-22-8-6-12/h1-4,9-12,18,22H,5-8H2. The Morgan fingerprint density at radius 3 is 2.70 bits per heavy atom. The number of nitrogens with zero attached hydrogens (tertiary/aromatic N) is 1. The fourth-order valence-electron chi connectivity index (χ4n) is 3.81. The monoisotopic (exact) mass is 388 g/mol. The van der Waals surface area contributed by atoms with Crippen molar-refractivity contribution in [2.75, 3.05) is 13.1 Å². The maximum Gasteiger partial charge on any atom is 0.0554 e. The average molecular weight is 390 g/mol. The fraction of sp³-hybridized carbons (Fsp3) is 0.316. The van der Waals surface area contributed by atoms with Crippen LogP contribution in [-0.4, -0.2) is 18.1 Å². The Morgan fingerprint density at radius 2 is 1.87 bits per heavy atom. The normalized spacial score (nSPS) is 20.7. The van der Waals surface area contributed by atoms with E-state index < -0.39 is 0 Å². The first-order valence-corrected chi connectivity index (χ1v) is 9.23. The second-order valence-electron chi connectivity index (χ2n) is 6.30. The zero-order chi connectivity index (χ0) is 15.8. The molecule has 2 nitrogen and oxygen atoms in total. The summed E-state index contributed by atoms with van der Waals surface area (Å²) in [4.78, 5) is 4.81. The summed E-state index contributed by atoms with van der Waals surface area (Å²) < 4.78 is 1.02. The molecule has 0 saturated carbocycles. The second kappa shape index (κ2) is 6.39. The van der Waals surface area contributed by atoms with Crippen LogP contribution in [0.15, 0.2) is 34.9 Å². The van der Waals surface area contributed by atoms with Crippen LogP contribution in [0.4, 0.5) is 0 Å². The van der Waals surface area contributed by atoms with Gasteiger partial charge in [0, 0.05) is 21.6 Å². The molecule has 0 radical (unpaired) electrons. The maximum absolute atomic E-state index is 6.23. The molecule has 1 aliphatic heterocycles. The molecular weight excluding hydrogens is 372 g/mol. The van der Waals surface area contributed by atoms with Gasteiger partial charge in [-0.3, -0.25) is 4.98 Å². The lowest BCUT2D eigenvalue weighted by atomic mass is 9.76. The Balaban J connectivity index is 1.90. The summed E-state index contributed by atoms with van der Waals surface area (Å²) in [7, 11) is 0. The molecule has 0 amide bonds. The number of halogens is 2. The van der Waals surface area contributed by atoms with Gasteiger partial charge >= 0.3 is 0 Å². The molecule has 1 unspecified atom stereocenters. The zero-order valence-electron chi connectivity index (χ0n) is 12.7. The lowest BCUT2D eigenvalue weighted by Gasteiger charge is -2.32. The van der Waals surface area contributed by atoms with Crippen LogP contribution in [-0.2, 0) is 0 Å². The van der Waals surface area contributed by atoms with Crippen molar-refractivity contribution in [3.8, 4) is 0 Å². The molecule has 0 bridgehead atoms. The lowest BCUT2D eigenvalue weighted by molar-refractivity contribution is 0.339. The van der Waals surface area contributed by atoms with Crippen molar-refractivity contribution in [1.29, 1.82) is 0 Å². The highest BCUT2D eigenvalue weighted by molar-refractivity contribution is 9.10. The first-order valence-electron chi connectivity index (χ1n) is 8.06. The highest BCUT2D eigenvalue weighted by Crippen LogP contribution is 2.42. The Kier molecular flexibility index (Phi) is 4.27. The number of rotatable bonds is 1. The number of nitrogens with one attached hydrogen (secondary N) is 1. The predicted molar refractivity (Wildman–Crippen MR) is 99.8 cm³/mol. The van der Waals surface area contributed by atoms with Gasteiger partial charge in [0.2, 0.25) is 0 Å². The van der Waals surface area contributed by atoms with Crippen molar-refractivity contribution < 1.29 is 0 Å². The van der Waals surface area contributed by atoms with Gasteiger partial charge in [0.1, 0.15) is 0 Å². The van der Waals surface area contributed by atoms with Gasteiger partial charge < -0.3 is 5.32 Å². The molecule has 2 aliphatic rings. The molecule has 4 rings (SSSR count).